The first-order chi connectivity index (χ1) is 13.8. The Labute approximate surface area is 168 Å². The number of hydrogen-bond donors (Lipinski definition) is 1. The van der Waals surface area contributed by atoms with Crippen molar-refractivity contribution >= 4 is 5.91 Å². The third kappa shape index (κ3) is 4.32. The molecule has 1 saturated carbocycles. The highest BCUT2D eigenvalue weighted by Gasteiger charge is 2.47. The highest BCUT2D eigenvalue weighted by atomic mass is 19.4. The second-order valence-electron chi connectivity index (χ2n) is 8.26. The molecule has 1 amide bonds. The highest BCUT2D eigenvalue weighted by Crippen LogP contribution is 2.45. The Morgan fingerprint density at radius 2 is 1.76 bits per heavy atom. The van der Waals surface area contributed by atoms with Gasteiger partial charge in [-0.1, -0.05) is 42.0 Å². The van der Waals surface area contributed by atoms with Crippen molar-refractivity contribution in [2.24, 2.45) is 0 Å². The summed E-state index contributed by atoms with van der Waals surface area (Å²) >= 11 is 0. The number of likely N-dealkylation sites (tertiary alicyclic amines) is 1. The minimum Gasteiger partial charge on any atom is -0.345 e. The van der Waals surface area contributed by atoms with Gasteiger partial charge in [-0.2, -0.15) is 13.2 Å². The number of aryl methyl sites for hydroxylation is 1. The van der Waals surface area contributed by atoms with E-state index in [1.165, 1.54) is 17.7 Å². The molecule has 154 valence electrons. The first-order valence-electron chi connectivity index (χ1n) is 10.1. The van der Waals surface area contributed by atoms with Crippen molar-refractivity contribution in [3.63, 3.8) is 0 Å². The maximum absolute atomic E-state index is 13.0. The summed E-state index contributed by atoms with van der Waals surface area (Å²) in [5, 5.41) is 3.26. The van der Waals surface area contributed by atoms with Crippen LogP contribution in [0.15, 0.2) is 48.5 Å². The molecule has 2 aromatic carbocycles. The van der Waals surface area contributed by atoms with Crippen molar-refractivity contribution in [1.82, 2.24) is 10.2 Å². The van der Waals surface area contributed by atoms with E-state index in [1.807, 2.05) is 6.92 Å². The summed E-state index contributed by atoms with van der Waals surface area (Å²) in [4.78, 5) is 15.1. The van der Waals surface area contributed by atoms with E-state index >= 15 is 0 Å². The molecule has 3 nitrogen and oxygen atoms in total. The molecule has 1 aliphatic carbocycles. The molecular weight excluding hydrogens is 377 g/mol. The van der Waals surface area contributed by atoms with Crippen molar-refractivity contribution in [3.8, 4) is 0 Å². The topological polar surface area (TPSA) is 32.3 Å². The Morgan fingerprint density at radius 3 is 2.34 bits per heavy atom. The number of halogens is 3. The second kappa shape index (κ2) is 7.48. The number of nitrogens with one attached hydrogen (secondary N) is 1. The van der Waals surface area contributed by atoms with Crippen LogP contribution in [0.5, 0.6) is 0 Å². The average Bonchev–Trinajstić information content (AvgIpc) is 3.30. The zero-order valence-electron chi connectivity index (χ0n) is 16.4. The van der Waals surface area contributed by atoms with Gasteiger partial charge < -0.3 is 5.32 Å². The summed E-state index contributed by atoms with van der Waals surface area (Å²) in [6.07, 6.45) is -0.767. The van der Waals surface area contributed by atoms with Gasteiger partial charge in [-0.25, -0.2) is 0 Å². The molecule has 0 unspecified atom stereocenters. The van der Waals surface area contributed by atoms with Crippen molar-refractivity contribution in [3.05, 3.63) is 70.8 Å². The maximum Gasteiger partial charge on any atom is 0.416 e. The Hall–Kier alpha value is -2.34. The number of nitrogens with zero attached hydrogens (tertiary/aromatic N) is 1. The molecular formula is C23H25F3N2O. The molecule has 4 rings (SSSR count). The van der Waals surface area contributed by atoms with Crippen LogP contribution in [0.25, 0.3) is 0 Å². The summed E-state index contributed by atoms with van der Waals surface area (Å²) in [5.41, 5.74) is 2.22. The third-order valence-corrected chi connectivity index (χ3v) is 6.05. The SMILES string of the molecule is Cc1ccc(C2(NC(=O)[C@H]3CCCN3Cc3ccc(C(F)(F)F)cc3)CC2)cc1. The quantitative estimate of drug-likeness (QED) is 0.780. The van der Waals surface area contributed by atoms with E-state index in [0.717, 1.165) is 55.5 Å². The Kier molecular flexibility index (Phi) is 5.15. The van der Waals surface area contributed by atoms with Crippen LogP contribution in [0.4, 0.5) is 13.2 Å². The molecule has 0 bridgehead atoms. The van der Waals surface area contributed by atoms with Crippen LogP contribution in [0.1, 0.15) is 47.9 Å². The van der Waals surface area contributed by atoms with Gasteiger partial charge in [0.25, 0.3) is 0 Å². The van der Waals surface area contributed by atoms with Gasteiger partial charge in [0, 0.05) is 6.54 Å². The predicted molar refractivity (Wildman–Crippen MR) is 105 cm³/mol. The summed E-state index contributed by atoms with van der Waals surface area (Å²) < 4.78 is 38.3. The first kappa shape index (κ1) is 20.0. The van der Waals surface area contributed by atoms with Gasteiger partial charge in [0.05, 0.1) is 17.1 Å². The van der Waals surface area contributed by atoms with Crippen molar-refractivity contribution in [1.29, 1.82) is 0 Å². The summed E-state index contributed by atoms with van der Waals surface area (Å²) in [5.74, 6) is 0.0208. The summed E-state index contributed by atoms with van der Waals surface area (Å²) in [6, 6.07) is 13.3. The summed E-state index contributed by atoms with van der Waals surface area (Å²) in [7, 11) is 0. The fourth-order valence-electron chi connectivity index (χ4n) is 4.15. The Morgan fingerprint density at radius 1 is 1.10 bits per heavy atom. The Balaban J connectivity index is 1.42. The number of amides is 1. The third-order valence-electron chi connectivity index (χ3n) is 6.05. The minimum absolute atomic E-state index is 0.0208. The molecule has 0 spiro atoms. The van der Waals surface area contributed by atoms with Gasteiger partial charge in [-0.15, -0.1) is 0 Å². The smallest absolute Gasteiger partial charge is 0.345 e. The molecule has 1 aliphatic heterocycles. The van der Waals surface area contributed by atoms with Gasteiger partial charge >= 0.3 is 6.18 Å². The van der Waals surface area contributed by atoms with Crippen LogP contribution < -0.4 is 5.32 Å². The first-order valence-corrected chi connectivity index (χ1v) is 10.1. The lowest BCUT2D eigenvalue weighted by atomic mass is 10.0. The van der Waals surface area contributed by atoms with Gasteiger partial charge in [-0.05, 0) is 62.4 Å². The standard InChI is InChI=1S/C23H25F3N2O/c1-16-4-8-18(9-5-16)22(12-13-22)27-21(29)20-3-2-14-28(20)15-17-6-10-19(11-7-17)23(24,25)26/h4-11,20H,2-3,12-15H2,1H3,(H,27,29)/t20-/m1/s1. The van der Waals surface area contributed by atoms with Crippen molar-refractivity contribution in [2.45, 2.75) is 56.9 Å². The van der Waals surface area contributed by atoms with Gasteiger partial charge in [0.2, 0.25) is 5.91 Å². The second-order valence-corrected chi connectivity index (χ2v) is 8.26. The number of carbonyl (C=O) groups excluding carboxylic acids is 1. The summed E-state index contributed by atoms with van der Waals surface area (Å²) in [6.45, 7) is 3.30. The molecule has 29 heavy (non-hydrogen) atoms. The van der Waals surface area contributed by atoms with E-state index in [4.69, 9.17) is 0 Å². The predicted octanol–water partition coefficient (Wildman–Crippen LogP) is 4.78. The number of carbonyl (C=O) groups is 1. The van der Waals surface area contributed by atoms with E-state index in [2.05, 4.69) is 34.5 Å². The highest BCUT2D eigenvalue weighted by molar-refractivity contribution is 5.83. The van der Waals surface area contributed by atoms with Crippen LogP contribution in [0, 0.1) is 6.92 Å². The van der Waals surface area contributed by atoms with Gasteiger partial charge in [0.15, 0.2) is 0 Å². The van der Waals surface area contributed by atoms with Crippen LogP contribution in [-0.4, -0.2) is 23.4 Å². The lowest BCUT2D eigenvalue weighted by molar-refractivity contribution is -0.137. The molecule has 1 atom stereocenters. The zero-order valence-corrected chi connectivity index (χ0v) is 16.4. The molecule has 0 radical (unpaired) electrons. The van der Waals surface area contributed by atoms with Crippen LogP contribution >= 0.6 is 0 Å². The zero-order chi connectivity index (χ0) is 20.6. The lowest BCUT2D eigenvalue weighted by Gasteiger charge is -2.27. The molecule has 1 heterocycles. The van der Waals surface area contributed by atoms with Crippen LogP contribution in [0.3, 0.4) is 0 Å². The molecule has 2 fully saturated rings. The fraction of sp³-hybridized carbons (Fsp3) is 0.435. The van der Waals surface area contributed by atoms with E-state index in [0.29, 0.717) is 6.54 Å². The van der Waals surface area contributed by atoms with Crippen LogP contribution in [0.2, 0.25) is 0 Å². The van der Waals surface area contributed by atoms with Gasteiger partial charge in [-0.3, -0.25) is 9.69 Å². The largest absolute Gasteiger partial charge is 0.416 e. The molecule has 2 aliphatic rings. The van der Waals surface area contributed by atoms with E-state index in [9.17, 15) is 18.0 Å². The lowest BCUT2D eigenvalue weighted by Crippen LogP contribution is -2.46. The number of benzene rings is 2. The molecule has 1 N–H and O–H groups in total. The van der Waals surface area contributed by atoms with Crippen molar-refractivity contribution in [2.75, 3.05) is 6.54 Å². The van der Waals surface area contributed by atoms with Crippen LogP contribution in [-0.2, 0) is 23.1 Å². The molecule has 6 heteroatoms. The average molecular weight is 402 g/mol. The number of hydrogen-bond acceptors (Lipinski definition) is 2. The minimum atomic E-state index is -4.33. The normalized spacial score (nSPS) is 21.2. The van der Waals surface area contributed by atoms with Crippen molar-refractivity contribution < 1.29 is 18.0 Å². The number of alkyl halides is 3. The van der Waals surface area contributed by atoms with E-state index in [-0.39, 0.29) is 17.5 Å². The van der Waals surface area contributed by atoms with Gasteiger partial charge in [0.1, 0.15) is 0 Å². The Bertz CT molecular complexity index is 870. The molecule has 1 saturated heterocycles. The fourth-order valence-corrected chi connectivity index (χ4v) is 4.15. The molecule has 2 aromatic rings. The van der Waals surface area contributed by atoms with E-state index in [1.54, 1.807) is 0 Å². The number of rotatable bonds is 5. The monoisotopic (exact) mass is 402 g/mol. The maximum atomic E-state index is 13.0. The van der Waals surface area contributed by atoms with E-state index < -0.39 is 11.7 Å². The molecule has 0 aromatic heterocycles.